The average Bonchev–Trinajstić information content (AvgIpc) is 3.29. The maximum Gasteiger partial charge on any atom is 0.325 e. The van der Waals surface area contributed by atoms with Gasteiger partial charge in [-0.1, -0.05) is 0 Å². The normalized spacial score (nSPS) is 30.4. The van der Waals surface area contributed by atoms with Crippen LogP contribution in [0, 0.1) is 0 Å². The summed E-state index contributed by atoms with van der Waals surface area (Å²) in [5.41, 5.74) is 0. The number of nitrogens with zero attached hydrogens (tertiary/aromatic N) is 1. The molecule has 0 saturated carbocycles. The molecular formula is C11H17N3O5. The highest BCUT2D eigenvalue weighted by Crippen LogP contribution is 2.12. The number of rotatable bonds is 6. The molecule has 0 bridgehead atoms. The second kappa shape index (κ2) is 5.32. The Morgan fingerprint density at radius 3 is 1.68 bits per heavy atom. The molecule has 3 aliphatic rings. The molecule has 0 aromatic carbocycles. The summed E-state index contributed by atoms with van der Waals surface area (Å²) in [7, 11) is 0. The van der Waals surface area contributed by atoms with Gasteiger partial charge in [-0.25, -0.2) is 14.5 Å². The number of epoxide rings is 3. The van der Waals surface area contributed by atoms with Crippen molar-refractivity contribution in [1.82, 2.24) is 15.5 Å². The van der Waals surface area contributed by atoms with Gasteiger partial charge in [0.25, 0.3) is 0 Å². The summed E-state index contributed by atoms with van der Waals surface area (Å²) < 4.78 is 15.1. The van der Waals surface area contributed by atoms with E-state index in [4.69, 9.17) is 14.2 Å². The lowest BCUT2D eigenvalue weighted by Crippen LogP contribution is -2.51. The van der Waals surface area contributed by atoms with Crippen LogP contribution in [0.5, 0.6) is 0 Å². The van der Waals surface area contributed by atoms with Crippen LogP contribution in [-0.2, 0) is 14.2 Å². The number of amides is 4. The number of imide groups is 1. The van der Waals surface area contributed by atoms with Crippen molar-refractivity contribution in [1.29, 1.82) is 0 Å². The minimum absolute atomic E-state index is 0.0363. The Morgan fingerprint density at radius 2 is 1.32 bits per heavy atom. The third-order valence-corrected chi connectivity index (χ3v) is 3.05. The van der Waals surface area contributed by atoms with Crippen molar-refractivity contribution in [3.05, 3.63) is 0 Å². The van der Waals surface area contributed by atoms with Crippen LogP contribution < -0.4 is 10.6 Å². The van der Waals surface area contributed by atoms with E-state index in [2.05, 4.69) is 10.6 Å². The first-order valence-corrected chi connectivity index (χ1v) is 6.40. The number of ether oxygens (including phenoxy) is 3. The quantitative estimate of drug-likeness (QED) is 0.598. The van der Waals surface area contributed by atoms with Crippen molar-refractivity contribution in [2.24, 2.45) is 0 Å². The lowest BCUT2D eigenvalue weighted by atomic mass is 10.4. The molecule has 3 unspecified atom stereocenters. The molecule has 2 N–H and O–H groups in total. The predicted molar refractivity (Wildman–Crippen MR) is 62.7 cm³/mol. The molecule has 0 spiro atoms. The fourth-order valence-corrected chi connectivity index (χ4v) is 1.60. The molecule has 3 rings (SSSR count). The van der Waals surface area contributed by atoms with Gasteiger partial charge in [-0.05, 0) is 0 Å². The second-order valence-electron chi connectivity index (χ2n) is 4.85. The van der Waals surface area contributed by atoms with Crippen LogP contribution in [0.25, 0.3) is 0 Å². The number of hydrogen-bond donors (Lipinski definition) is 2. The first-order chi connectivity index (χ1) is 9.22. The summed E-state index contributed by atoms with van der Waals surface area (Å²) in [5, 5.41) is 5.35. The van der Waals surface area contributed by atoms with Crippen LogP contribution in [0.4, 0.5) is 9.59 Å². The molecule has 8 heteroatoms. The molecule has 3 aliphatic heterocycles. The van der Waals surface area contributed by atoms with Gasteiger partial charge in [0.15, 0.2) is 0 Å². The fraction of sp³-hybridized carbons (Fsp3) is 0.818. The molecule has 3 atom stereocenters. The van der Waals surface area contributed by atoms with Crippen molar-refractivity contribution >= 4 is 12.1 Å². The molecule has 0 aromatic rings. The van der Waals surface area contributed by atoms with E-state index < -0.39 is 12.1 Å². The summed E-state index contributed by atoms with van der Waals surface area (Å²) in [6.45, 7) is 3.05. The summed E-state index contributed by atoms with van der Waals surface area (Å²) in [5.74, 6) is 0. The van der Waals surface area contributed by atoms with Gasteiger partial charge in [0.1, 0.15) is 0 Å². The van der Waals surface area contributed by atoms with E-state index in [9.17, 15) is 9.59 Å². The molecule has 3 saturated heterocycles. The van der Waals surface area contributed by atoms with Crippen LogP contribution >= 0.6 is 0 Å². The topological polar surface area (TPSA) is 99.0 Å². The standard InChI is InChI=1S/C11H17N3O5/c15-10(12-1-7-4-17-7)14(3-9-6-19-9)11(16)13-2-8-5-18-8/h7-9H,1-6H2,(H,12,15)(H,13,16). The van der Waals surface area contributed by atoms with E-state index in [-0.39, 0.29) is 24.9 Å². The summed E-state index contributed by atoms with van der Waals surface area (Å²) in [4.78, 5) is 25.0. The van der Waals surface area contributed by atoms with Crippen molar-refractivity contribution in [2.75, 3.05) is 39.5 Å². The molecule has 0 radical (unpaired) electrons. The van der Waals surface area contributed by atoms with E-state index in [0.29, 0.717) is 32.9 Å². The van der Waals surface area contributed by atoms with Crippen molar-refractivity contribution in [2.45, 2.75) is 18.3 Å². The highest BCUT2D eigenvalue weighted by Gasteiger charge is 2.33. The molecule has 19 heavy (non-hydrogen) atoms. The van der Waals surface area contributed by atoms with Crippen molar-refractivity contribution in [3.8, 4) is 0 Å². The Morgan fingerprint density at radius 1 is 0.895 bits per heavy atom. The lowest BCUT2D eigenvalue weighted by Gasteiger charge is -2.20. The van der Waals surface area contributed by atoms with Gasteiger partial charge in [0, 0.05) is 13.1 Å². The molecule has 3 fully saturated rings. The SMILES string of the molecule is O=C(NCC1CO1)N(CC1CO1)C(=O)NCC1CO1. The predicted octanol–water partition coefficient (Wildman–Crippen LogP) is -1.10. The Bertz CT molecular complexity index is 337. The minimum Gasteiger partial charge on any atom is -0.371 e. The monoisotopic (exact) mass is 271 g/mol. The van der Waals surface area contributed by atoms with Crippen LogP contribution in [0.1, 0.15) is 0 Å². The molecule has 8 nitrogen and oxygen atoms in total. The summed E-state index contributed by atoms with van der Waals surface area (Å²) in [6, 6.07) is -0.833. The van der Waals surface area contributed by atoms with Gasteiger partial charge in [-0.2, -0.15) is 0 Å². The molecule has 0 aliphatic carbocycles. The average molecular weight is 271 g/mol. The van der Waals surface area contributed by atoms with Crippen LogP contribution in [0.15, 0.2) is 0 Å². The molecule has 3 heterocycles. The summed E-state index contributed by atoms with van der Waals surface area (Å²) in [6.07, 6.45) is 0.141. The molecule has 0 aromatic heterocycles. The third kappa shape index (κ3) is 4.05. The highest BCUT2D eigenvalue weighted by molar-refractivity contribution is 5.93. The maximum absolute atomic E-state index is 12.0. The molecule has 106 valence electrons. The molecule has 4 amide bonds. The fourth-order valence-electron chi connectivity index (χ4n) is 1.60. The van der Waals surface area contributed by atoms with E-state index in [0.717, 1.165) is 4.90 Å². The van der Waals surface area contributed by atoms with E-state index in [1.54, 1.807) is 0 Å². The van der Waals surface area contributed by atoms with E-state index in [1.807, 2.05) is 0 Å². The van der Waals surface area contributed by atoms with Gasteiger partial charge >= 0.3 is 12.1 Å². The zero-order valence-corrected chi connectivity index (χ0v) is 10.5. The van der Waals surface area contributed by atoms with Gasteiger partial charge in [0.2, 0.25) is 0 Å². The van der Waals surface area contributed by atoms with Crippen molar-refractivity contribution in [3.63, 3.8) is 0 Å². The van der Waals surface area contributed by atoms with Crippen LogP contribution in [-0.4, -0.2) is 74.7 Å². The van der Waals surface area contributed by atoms with E-state index in [1.165, 1.54) is 0 Å². The highest BCUT2D eigenvalue weighted by atomic mass is 16.6. The zero-order valence-electron chi connectivity index (χ0n) is 10.5. The number of nitrogens with one attached hydrogen (secondary N) is 2. The minimum atomic E-state index is -0.416. The number of urea groups is 2. The largest absolute Gasteiger partial charge is 0.371 e. The Hall–Kier alpha value is -1.38. The first-order valence-electron chi connectivity index (χ1n) is 6.40. The number of carbonyl (C=O) groups excluding carboxylic acids is 2. The lowest BCUT2D eigenvalue weighted by molar-refractivity contribution is 0.180. The van der Waals surface area contributed by atoms with Gasteiger partial charge in [-0.3, -0.25) is 0 Å². The maximum atomic E-state index is 12.0. The van der Waals surface area contributed by atoms with Crippen LogP contribution in [0.2, 0.25) is 0 Å². The zero-order chi connectivity index (χ0) is 13.2. The second-order valence-corrected chi connectivity index (χ2v) is 4.85. The Balaban J connectivity index is 1.47. The third-order valence-electron chi connectivity index (χ3n) is 3.05. The number of hydrogen-bond acceptors (Lipinski definition) is 5. The van der Waals surface area contributed by atoms with Crippen molar-refractivity contribution < 1.29 is 23.8 Å². The molecular weight excluding hydrogens is 254 g/mol. The number of carbonyl (C=O) groups is 2. The van der Waals surface area contributed by atoms with Gasteiger partial charge < -0.3 is 24.8 Å². The Labute approximate surface area is 110 Å². The first kappa shape index (κ1) is 12.6. The van der Waals surface area contributed by atoms with E-state index >= 15 is 0 Å². The van der Waals surface area contributed by atoms with Gasteiger partial charge in [0.05, 0.1) is 44.7 Å². The van der Waals surface area contributed by atoms with Gasteiger partial charge in [-0.15, -0.1) is 0 Å². The summed E-state index contributed by atoms with van der Waals surface area (Å²) >= 11 is 0. The van der Waals surface area contributed by atoms with Crippen LogP contribution in [0.3, 0.4) is 0 Å². The Kier molecular flexibility index (Phi) is 3.54. The smallest absolute Gasteiger partial charge is 0.325 e.